The monoisotopic (exact) mass is 366 g/mol. The Morgan fingerprint density at radius 2 is 2.11 bits per heavy atom. The number of rotatable bonds is 5. The Bertz CT molecular complexity index is 965. The molecule has 140 valence electrons. The SMILES string of the molecule is CN(Cc1nccc(N)n1)C1CCN(c2ncnc3c2nnn3C2CC2)C1. The van der Waals surface area contributed by atoms with Crippen molar-refractivity contribution in [1.82, 2.24) is 39.8 Å². The summed E-state index contributed by atoms with van der Waals surface area (Å²) in [5.41, 5.74) is 7.40. The average molecular weight is 366 g/mol. The molecule has 10 heteroatoms. The Hall–Kier alpha value is -2.88. The van der Waals surface area contributed by atoms with Crippen LogP contribution < -0.4 is 10.6 Å². The number of hydrogen-bond donors (Lipinski definition) is 1. The van der Waals surface area contributed by atoms with E-state index >= 15 is 0 Å². The van der Waals surface area contributed by atoms with Crippen LogP contribution in [-0.4, -0.2) is 66.0 Å². The van der Waals surface area contributed by atoms with Crippen LogP contribution in [0.1, 0.15) is 31.1 Å². The Morgan fingerprint density at radius 1 is 1.22 bits per heavy atom. The lowest BCUT2D eigenvalue weighted by molar-refractivity contribution is 0.244. The van der Waals surface area contributed by atoms with E-state index in [1.54, 1.807) is 18.6 Å². The van der Waals surface area contributed by atoms with Crippen LogP contribution >= 0.6 is 0 Å². The van der Waals surface area contributed by atoms with Crippen LogP contribution in [0.25, 0.3) is 11.2 Å². The van der Waals surface area contributed by atoms with E-state index in [-0.39, 0.29) is 0 Å². The molecule has 0 bridgehead atoms. The van der Waals surface area contributed by atoms with Gasteiger partial charge in [0, 0.05) is 25.3 Å². The average Bonchev–Trinajstić information content (AvgIpc) is 3.22. The van der Waals surface area contributed by atoms with Crippen molar-refractivity contribution >= 4 is 22.8 Å². The first-order chi connectivity index (χ1) is 13.2. The van der Waals surface area contributed by atoms with E-state index in [0.717, 1.165) is 55.2 Å². The van der Waals surface area contributed by atoms with Crippen molar-refractivity contribution in [3.63, 3.8) is 0 Å². The molecule has 0 spiro atoms. The standard InChI is InChI=1S/C17H22N10/c1-25(9-14-19-6-4-13(18)22-14)12-5-7-26(8-12)16-15-17(21-10-20-16)27(24-23-15)11-2-3-11/h4,6,10-12H,2-3,5,7-9H2,1H3,(H2,18,19,22). The van der Waals surface area contributed by atoms with Gasteiger partial charge in [-0.25, -0.2) is 24.6 Å². The first-order valence-corrected chi connectivity index (χ1v) is 9.27. The van der Waals surface area contributed by atoms with E-state index < -0.39 is 0 Å². The van der Waals surface area contributed by atoms with Crippen LogP contribution in [0.5, 0.6) is 0 Å². The summed E-state index contributed by atoms with van der Waals surface area (Å²) in [6, 6.07) is 2.54. The third-order valence-corrected chi connectivity index (χ3v) is 5.34. The summed E-state index contributed by atoms with van der Waals surface area (Å²) in [7, 11) is 2.10. The molecule has 2 N–H and O–H groups in total. The van der Waals surface area contributed by atoms with Gasteiger partial charge in [-0.05, 0) is 32.4 Å². The Morgan fingerprint density at radius 3 is 2.93 bits per heavy atom. The predicted octanol–water partition coefficient (Wildman–Crippen LogP) is 0.639. The molecule has 4 heterocycles. The molecule has 2 fully saturated rings. The lowest BCUT2D eigenvalue weighted by Gasteiger charge is -2.24. The van der Waals surface area contributed by atoms with E-state index in [1.807, 2.05) is 4.68 Å². The molecule has 2 aliphatic rings. The summed E-state index contributed by atoms with van der Waals surface area (Å²) in [6.07, 6.45) is 6.67. The molecule has 1 saturated carbocycles. The first kappa shape index (κ1) is 16.3. The number of nitrogen functional groups attached to an aromatic ring is 1. The van der Waals surface area contributed by atoms with E-state index in [9.17, 15) is 0 Å². The van der Waals surface area contributed by atoms with Gasteiger partial charge in [0.15, 0.2) is 17.0 Å². The quantitative estimate of drug-likeness (QED) is 0.694. The summed E-state index contributed by atoms with van der Waals surface area (Å²) in [5.74, 6) is 2.12. The van der Waals surface area contributed by atoms with Crippen molar-refractivity contribution in [2.45, 2.75) is 37.9 Å². The van der Waals surface area contributed by atoms with Crippen molar-refractivity contribution in [1.29, 1.82) is 0 Å². The zero-order valence-corrected chi connectivity index (χ0v) is 15.2. The number of hydrogen-bond acceptors (Lipinski definition) is 9. The van der Waals surface area contributed by atoms with Gasteiger partial charge in [-0.3, -0.25) is 4.90 Å². The summed E-state index contributed by atoms with van der Waals surface area (Å²) < 4.78 is 1.94. The second kappa shape index (κ2) is 6.38. The molecule has 1 aliphatic heterocycles. The minimum atomic E-state index is 0.388. The fourth-order valence-corrected chi connectivity index (χ4v) is 3.69. The molecule has 5 rings (SSSR count). The van der Waals surface area contributed by atoms with Gasteiger partial charge in [-0.2, -0.15) is 0 Å². The number of aromatic nitrogens is 7. The van der Waals surface area contributed by atoms with Crippen LogP contribution in [0.15, 0.2) is 18.6 Å². The van der Waals surface area contributed by atoms with Crippen LogP contribution in [0.4, 0.5) is 11.6 Å². The maximum absolute atomic E-state index is 5.76. The minimum absolute atomic E-state index is 0.388. The third-order valence-electron chi connectivity index (χ3n) is 5.34. The molecule has 3 aromatic rings. The van der Waals surface area contributed by atoms with E-state index in [0.29, 0.717) is 24.4 Å². The molecular formula is C17H22N10. The second-order valence-corrected chi connectivity index (χ2v) is 7.34. The highest BCUT2D eigenvalue weighted by molar-refractivity contribution is 5.82. The summed E-state index contributed by atoms with van der Waals surface area (Å²) in [6.45, 7) is 2.47. The number of nitrogens with two attached hydrogens (primary N) is 1. The number of fused-ring (bicyclic) bond motifs is 1. The summed E-state index contributed by atoms with van der Waals surface area (Å²) in [5, 5.41) is 8.68. The lowest BCUT2D eigenvalue weighted by atomic mass is 10.2. The van der Waals surface area contributed by atoms with Gasteiger partial charge < -0.3 is 10.6 Å². The fraction of sp³-hybridized carbons (Fsp3) is 0.529. The molecule has 0 amide bonds. The maximum atomic E-state index is 5.76. The minimum Gasteiger partial charge on any atom is -0.384 e. The maximum Gasteiger partial charge on any atom is 0.184 e. The molecule has 1 atom stereocenters. The van der Waals surface area contributed by atoms with Crippen molar-refractivity contribution in [2.24, 2.45) is 0 Å². The largest absolute Gasteiger partial charge is 0.384 e. The molecule has 0 aromatic carbocycles. The van der Waals surface area contributed by atoms with Crippen LogP contribution in [-0.2, 0) is 6.54 Å². The number of anilines is 2. The zero-order chi connectivity index (χ0) is 18.4. The van der Waals surface area contributed by atoms with Gasteiger partial charge >= 0.3 is 0 Å². The van der Waals surface area contributed by atoms with Crippen molar-refractivity contribution < 1.29 is 0 Å². The summed E-state index contributed by atoms with van der Waals surface area (Å²) >= 11 is 0. The van der Waals surface area contributed by atoms with Gasteiger partial charge in [0.05, 0.1) is 12.6 Å². The Labute approximate surface area is 156 Å². The van der Waals surface area contributed by atoms with E-state index in [2.05, 4.69) is 47.1 Å². The van der Waals surface area contributed by atoms with Crippen LogP contribution in [0, 0.1) is 0 Å². The molecule has 3 aromatic heterocycles. The van der Waals surface area contributed by atoms with E-state index in [1.165, 1.54) is 0 Å². The molecule has 1 unspecified atom stereocenters. The highest BCUT2D eigenvalue weighted by Crippen LogP contribution is 2.36. The molecular weight excluding hydrogens is 344 g/mol. The van der Waals surface area contributed by atoms with Crippen molar-refractivity contribution in [2.75, 3.05) is 30.8 Å². The van der Waals surface area contributed by atoms with Gasteiger partial charge in [-0.15, -0.1) is 5.10 Å². The van der Waals surface area contributed by atoms with Crippen LogP contribution in [0.2, 0.25) is 0 Å². The molecule has 1 aliphatic carbocycles. The van der Waals surface area contributed by atoms with Gasteiger partial charge in [0.2, 0.25) is 0 Å². The van der Waals surface area contributed by atoms with Crippen LogP contribution in [0.3, 0.4) is 0 Å². The highest BCUT2D eigenvalue weighted by atomic mass is 15.5. The van der Waals surface area contributed by atoms with E-state index in [4.69, 9.17) is 5.73 Å². The van der Waals surface area contributed by atoms with Gasteiger partial charge in [-0.1, -0.05) is 5.21 Å². The Balaban J connectivity index is 1.32. The fourth-order valence-electron chi connectivity index (χ4n) is 3.69. The number of nitrogens with zero attached hydrogens (tertiary/aromatic N) is 9. The topological polar surface area (TPSA) is 115 Å². The summed E-state index contributed by atoms with van der Waals surface area (Å²) in [4.78, 5) is 22.1. The normalized spacial score (nSPS) is 20.1. The second-order valence-electron chi connectivity index (χ2n) is 7.34. The molecule has 10 nitrogen and oxygen atoms in total. The Kier molecular flexibility index (Phi) is 3.85. The molecule has 1 saturated heterocycles. The molecule has 27 heavy (non-hydrogen) atoms. The smallest absolute Gasteiger partial charge is 0.184 e. The molecule has 0 radical (unpaired) electrons. The van der Waals surface area contributed by atoms with Crippen molar-refractivity contribution in [3.8, 4) is 0 Å². The third kappa shape index (κ3) is 3.05. The van der Waals surface area contributed by atoms with Gasteiger partial charge in [0.1, 0.15) is 18.0 Å². The highest BCUT2D eigenvalue weighted by Gasteiger charge is 2.31. The van der Waals surface area contributed by atoms with Crippen molar-refractivity contribution in [3.05, 3.63) is 24.4 Å². The number of likely N-dealkylation sites (N-methyl/N-ethyl adjacent to an activating group) is 1. The predicted molar refractivity (Wildman–Crippen MR) is 99.9 cm³/mol. The first-order valence-electron chi connectivity index (χ1n) is 9.27. The zero-order valence-electron chi connectivity index (χ0n) is 15.2. The van der Waals surface area contributed by atoms with Gasteiger partial charge in [0.25, 0.3) is 0 Å². The lowest BCUT2D eigenvalue weighted by Crippen LogP contribution is -2.35.